The molecular weight excluding hydrogens is 416 g/mol. The highest BCUT2D eigenvalue weighted by atomic mass is 32.2. The van der Waals surface area contributed by atoms with Gasteiger partial charge < -0.3 is 14.8 Å². The van der Waals surface area contributed by atoms with Crippen LogP contribution in [0.25, 0.3) is 0 Å². The molecule has 1 aliphatic rings. The summed E-state index contributed by atoms with van der Waals surface area (Å²) >= 11 is 0. The standard InChI is InChI=1S/C23H22N2O5S/c1-16-9-11-20(12-10-16)31(27,28)25-18-6-4-5-17(13-18)23(26)24-14-19-15-29-21-7-2-3-8-22(21)30-19/h2-13,19,25H,14-15H2,1H3,(H,24,26)/t19-/m0/s1. The number of nitrogens with one attached hydrogen (secondary N) is 2. The van der Waals surface area contributed by atoms with Crippen molar-refractivity contribution < 1.29 is 22.7 Å². The van der Waals surface area contributed by atoms with E-state index in [0.717, 1.165) is 5.56 Å². The monoisotopic (exact) mass is 438 g/mol. The van der Waals surface area contributed by atoms with E-state index in [9.17, 15) is 13.2 Å². The fraction of sp³-hybridized carbons (Fsp3) is 0.174. The second kappa shape index (κ2) is 8.69. The van der Waals surface area contributed by atoms with Crippen molar-refractivity contribution in [1.82, 2.24) is 5.32 Å². The summed E-state index contributed by atoms with van der Waals surface area (Å²) < 4.78 is 39.2. The topological polar surface area (TPSA) is 93.7 Å². The Labute approximate surface area is 181 Å². The first-order chi connectivity index (χ1) is 14.9. The van der Waals surface area contributed by atoms with Gasteiger partial charge in [-0.3, -0.25) is 9.52 Å². The first-order valence-electron chi connectivity index (χ1n) is 9.77. The number of carbonyl (C=O) groups is 1. The van der Waals surface area contributed by atoms with Gasteiger partial charge >= 0.3 is 0 Å². The summed E-state index contributed by atoms with van der Waals surface area (Å²) in [6, 6.07) is 20.2. The van der Waals surface area contributed by atoms with Gasteiger partial charge in [-0.2, -0.15) is 0 Å². The van der Waals surface area contributed by atoms with E-state index in [4.69, 9.17) is 9.47 Å². The molecule has 0 aliphatic carbocycles. The summed E-state index contributed by atoms with van der Waals surface area (Å²) in [5.74, 6) is 0.984. The number of anilines is 1. The molecule has 31 heavy (non-hydrogen) atoms. The number of amides is 1. The molecule has 7 nitrogen and oxygen atoms in total. The number of aryl methyl sites for hydroxylation is 1. The number of para-hydroxylation sites is 2. The lowest BCUT2D eigenvalue weighted by Gasteiger charge is -2.26. The molecule has 4 rings (SSSR count). The smallest absolute Gasteiger partial charge is 0.261 e. The van der Waals surface area contributed by atoms with Crippen molar-refractivity contribution in [3.8, 4) is 11.5 Å². The number of rotatable bonds is 6. The molecule has 2 N–H and O–H groups in total. The van der Waals surface area contributed by atoms with Crippen LogP contribution in [0.5, 0.6) is 11.5 Å². The van der Waals surface area contributed by atoms with Crippen LogP contribution < -0.4 is 19.5 Å². The molecule has 0 bridgehead atoms. The second-order valence-corrected chi connectivity index (χ2v) is 8.89. The molecule has 0 saturated carbocycles. The molecule has 0 radical (unpaired) electrons. The Balaban J connectivity index is 1.39. The minimum absolute atomic E-state index is 0.155. The molecule has 0 saturated heterocycles. The van der Waals surface area contributed by atoms with Gasteiger partial charge in [0.1, 0.15) is 12.7 Å². The van der Waals surface area contributed by atoms with Crippen molar-refractivity contribution in [2.24, 2.45) is 0 Å². The summed E-state index contributed by atoms with van der Waals surface area (Å²) in [6.07, 6.45) is -0.318. The Morgan fingerprint density at radius 1 is 1.00 bits per heavy atom. The van der Waals surface area contributed by atoms with Gasteiger partial charge in [0.05, 0.1) is 11.4 Å². The summed E-state index contributed by atoms with van der Waals surface area (Å²) in [5.41, 5.74) is 1.61. The Morgan fingerprint density at radius 2 is 1.74 bits per heavy atom. The van der Waals surface area contributed by atoms with Crippen molar-refractivity contribution in [2.75, 3.05) is 17.9 Å². The molecule has 3 aromatic rings. The molecule has 1 atom stereocenters. The summed E-state index contributed by atoms with van der Waals surface area (Å²) in [6.45, 7) is 2.47. The average Bonchev–Trinajstić information content (AvgIpc) is 2.77. The van der Waals surface area contributed by atoms with Crippen LogP contribution in [-0.2, 0) is 10.0 Å². The normalized spacial score (nSPS) is 15.2. The molecule has 1 amide bonds. The van der Waals surface area contributed by atoms with E-state index < -0.39 is 10.0 Å². The van der Waals surface area contributed by atoms with Crippen molar-refractivity contribution in [3.63, 3.8) is 0 Å². The molecule has 0 aromatic heterocycles. The molecule has 0 unspecified atom stereocenters. The molecular formula is C23H22N2O5S. The summed E-state index contributed by atoms with van der Waals surface area (Å²) in [4.78, 5) is 12.7. The molecule has 0 fully saturated rings. The van der Waals surface area contributed by atoms with Crippen LogP contribution in [0.3, 0.4) is 0 Å². The van der Waals surface area contributed by atoms with Gasteiger partial charge in [0.25, 0.3) is 15.9 Å². The zero-order valence-corrected chi connectivity index (χ0v) is 17.7. The summed E-state index contributed by atoms with van der Waals surface area (Å²) in [5, 5.41) is 2.81. The van der Waals surface area contributed by atoms with Crippen LogP contribution >= 0.6 is 0 Å². The Bertz CT molecular complexity index is 1190. The predicted octanol–water partition coefficient (Wildman–Crippen LogP) is 3.37. The Kier molecular flexibility index (Phi) is 5.81. The number of carbonyl (C=O) groups excluding carboxylic acids is 1. The van der Waals surface area contributed by atoms with Crippen LogP contribution in [0.15, 0.2) is 77.7 Å². The fourth-order valence-corrected chi connectivity index (χ4v) is 4.18. The van der Waals surface area contributed by atoms with Crippen LogP contribution in [0.1, 0.15) is 15.9 Å². The predicted molar refractivity (Wildman–Crippen MR) is 117 cm³/mol. The van der Waals surface area contributed by atoms with E-state index in [-0.39, 0.29) is 23.5 Å². The molecule has 160 valence electrons. The van der Waals surface area contributed by atoms with Gasteiger partial charge in [-0.15, -0.1) is 0 Å². The van der Waals surface area contributed by atoms with Gasteiger partial charge in [-0.05, 0) is 49.4 Å². The molecule has 1 heterocycles. The first kappa shape index (κ1) is 20.7. The number of hydrogen-bond acceptors (Lipinski definition) is 5. The van der Waals surface area contributed by atoms with Crippen molar-refractivity contribution in [3.05, 3.63) is 83.9 Å². The first-order valence-corrected chi connectivity index (χ1v) is 11.3. The zero-order chi connectivity index (χ0) is 21.8. The minimum Gasteiger partial charge on any atom is -0.486 e. The van der Waals surface area contributed by atoms with Gasteiger partial charge in [-0.25, -0.2) is 8.42 Å². The van der Waals surface area contributed by atoms with Gasteiger partial charge in [0.2, 0.25) is 0 Å². The van der Waals surface area contributed by atoms with Crippen LogP contribution in [-0.4, -0.2) is 33.6 Å². The maximum atomic E-state index is 12.6. The third kappa shape index (κ3) is 4.97. The van der Waals surface area contributed by atoms with E-state index in [2.05, 4.69) is 10.0 Å². The average molecular weight is 439 g/mol. The largest absolute Gasteiger partial charge is 0.486 e. The lowest BCUT2D eigenvalue weighted by Crippen LogP contribution is -2.40. The maximum Gasteiger partial charge on any atom is 0.261 e. The summed E-state index contributed by atoms with van der Waals surface area (Å²) in [7, 11) is -3.75. The quantitative estimate of drug-likeness (QED) is 0.616. The van der Waals surface area contributed by atoms with Gasteiger partial charge in [0, 0.05) is 11.3 Å². The minimum atomic E-state index is -3.75. The molecule has 3 aromatic carbocycles. The third-order valence-electron chi connectivity index (χ3n) is 4.77. The Hall–Kier alpha value is -3.52. The molecule has 8 heteroatoms. The number of ether oxygens (including phenoxy) is 2. The van der Waals surface area contributed by atoms with Crippen LogP contribution in [0.2, 0.25) is 0 Å². The molecule has 0 spiro atoms. The van der Waals surface area contributed by atoms with E-state index in [0.29, 0.717) is 29.4 Å². The number of benzene rings is 3. The lowest BCUT2D eigenvalue weighted by molar-refractivity contribution is 0.0789. The van der Waals surface area contributed by atoms with E-state index >= 15 is 0 Å². The van der Waals surface area contributed by atoms with Crippen molar-refractivity contribution in [2.45, 2.75) is 17.9 Å². The van der Waals surface area contributed by atoms with Gasteiger partial charge in [0.15, 0.2) is 11.5 Å². The number of hydrogen-bond donors (Lipinski definition) is 2. The zero-order valence-electron chi connectivity index (χ0n) is 16.9. The van der Waals surface area contributed by atoms with E-state index in [1.807, 2.05) is 31.2 Å². The van der Waals surface area contributed by atoms with Crippen LogP contribution in [0.4, 0.5) is 5.69 Å². The van der Waals surface area contributed by atoms with Crippen molar-refractivity contribution >= 4 is 21.6 Å². The number of fused-ring (bicyclic) bond motifs is 1. The SMILES string of the molecule is Cc1ccc(S(=O)(=O)Nc2cccc(C(=O)NC[C@H]3COc4ccccc4O3)c2)cc1. The van der Waals surface area contributed by atoms with Gasteiger partial charge in [-0.1, -0.05) is 35.9 Å². The second-order valence-electron chi connectivity index (χ2n) is 7.21. The lowest BCUT2D eigenvalue weighted by atomic mass is 10.2. The highest BCUT2D eigenvalue weighted by molar-refractivity contribution is 7.92. The van der Waals surface area contributed by atoms with E-state index in [1.54, 1.807) is 42.5 Å². The maximum absolute atomic E-state index is 12.6. The Morgan fingerprint density at radius 3 is 2.52 bits per heavy atom. The highest BCUT2D eigenvalue weighted by Gasteiger charge is 2.21. The van der Waals surface area contributed by atoms with Crippen molar-refractivity contribution in [1.29, 1.82) is 0 Å². The third-order valence-corrected chi connectivity index (χ3v) is 6.16. The van der Waals surface area contributed by atoms with E-state index in [1.165, 1.54) is 6.07 Å². The molecule has 1 aliphatic heterocycles. The van der Waals surface area contributed by atoms with Crippen LogP contribution in [0, 0.1) is 6.92 Å². The number of sulfonamides is 1. The fourth-order valence-electron chi connectivity index (χ4n) is 3.13. The highest BCUT2D eigenvalue weighted by Crippen LogP contribution is 2.30.